The number of rotatable bonds is 5. The van der Waals surface area contributed by atoms with E-state index in [-0.39, 0.29) is 0 Å². The number of anilines is 2. The van der Waals surface area contributed by atoms with Gasteiger partial charge in [0.1, 0.15) is 5.75 Å². The number of hydrogen-bond acceptors (Lipinski definition) is 4. The average molecular weight is 331 g/mol. The van der Waals surface area contributed by atoms with Crippen LogP contribution in [0, 0.1) is 5.92 Å². The SMILES string of the molecule is [2H]C([2H])([2H])Oc1ccc2c(c1)N(C[C@H](C)CN(C)C)c1ccccc1S2. The second kappa shape index (κ2) is 6.85. The van der Waals surface area contributed by atoms with Gasteiger partial charge in [-0.05, 0) is 44.3 Å². The van der Waals surface area contributed by atoms with Crippen LogP contribution in [0.3, 0.4) is 0 Å². The van der Waals surface area contributed by atoms with E-state index in [1.165, 1.54) is 4.90 Å². The Morgan fingerprint density at radius 2 is 1.96 bits per heavy atom. The second-order valence-electron chi connectivity index (χ2n) is 6.28. The highest BCUT2D eigenvalue weighted by Gasteiger charge is 2.25. The zero-order valence-electron chi connectivity index (χ0n) is 16.7. The van der Waals surface area contributed by atoms with Gasteiger partial charge in [-0.1, -0.05) is 30.8 Å². The third-order valence-corrected chi connectivity index (χ3v) is 5.02. The van der Waals surface area contributed by atoms with Crippen LogP contribution in [0.1, 0.15) is 11.0 Å². The molecule has 0 spiro atoms. The topological polar surface area (TPSA) is 15.7 Å². The molecule has 0 radical (unpaired) electrons. The van der Waals surface area contributed by atoms with Crippen molar-refractivity contribution in [2.24, 2.45) is 5.92 Å². The van der Waals surface area contributed by atoms with Crippen LogP contribution in [0.15, 0.2) is 52.3 Å². The van der Waals surface area contributed by atoms with E-state index in [1.807, 2.05) is 24.3 Å². The van der Waals surface area contributed by atoms with E-state index in [2.05, 4.69) is 43.0 Å². The largest absolute Gasteiger partial charge is 0.497 e. The van der Waals surface area contributed by atoms with Gasteiger partial charge in [0.05, 0.1) is 22.5 Å². The monoisotopic (exact) mass is 331 g/mol. The van der Waals surface area contributed by atoms with Gasteiger partial charge in [-0.25, -0.2) is 0 Å². The van der Waals surface area contributed by atoms with Gasteiger partial charge in [0.15, 0.2) is 0 Å². The van der Waals surface area contributed by atoms with Gasteiger partial charge in [0.25, 0.3) is 0 Å². The van der Waals surface area contributed by atoms with Gasteiger partial charge >= 0.3 is 0 Å². The Morgan fingerprint density at radius 1 is 1.17 bits per heavy atom. The minimum absolute atomic E-state index is 0.369. The van der Waals surface area contributed by atoms with E-state index in [1.54, 1.807) is 17.8 Å². The van der Waals surface area contributed by atoms with Crippen molar-refractivity contribution < 1.29 is 8.85 Å². The maximum Gasteiger partial charge on any atom is 0.121 e. The minimum atomic E-state index is -2.45. The molecule has 1 atom stereocenters. The maximum atomic E-state index is 7.35. The fourth-order valence-electron chi connectivity index (χ4n) is 3.06. The van der Waals surface area contributed by atoms with Gasteiger partial charge in [0.2, 0.25) is 0 Å². The highest BCUT2D eigenvalue weighted by molar-refractivity contribution is 7.99. The summed E-state index contributed by atoms with van der Waals surface area (Å²) in [7, 11) is 1.70. The zero-order chi connectivity index (χ0) is 18.9. The molecule has 2 aromatic rings. The molecule has 0 aliphatic carbocycles. The molecule has 4 heteroatoms. The molecule has 0 aromatic heterocycles. The predicted molar refractivity (Wildman–Crippen MR) is 98.3 cm³/mol. The summed E-state index contributed by atoms with van der Waals surface area (Å²) >= 11 is 1.71. The summed E-state index contributed by atoms with van der Waals surface area (Å²) in [6.45, 7) is 4.05. The van der Waals surface area contributed by atoms with E-state index in [0.717, 1.165) is 29.4 Å². The fraction of sp³-hybridized carbons (Fsp3) is 0.368. The molecule has 1 heterocycles. The van der Waals surface area contributed by atoms with Gasteiger partial charge < -0.3 is 14.5 Å². The summed E-state index contributed by atoms with van der Waals surface area (Å²) in [4.78, 5) is 6.78. The van der Waals surface area contributed by atoms with Crippen LogP contribution in [0.5, 0.6) is 5.75 Å². The van der Waals surface area contributed by atoms with Crippen molar-refractivity contribution in [3.63, 3.8) is 0 Å². The molecule has 0 unspecified atom stereocenters. The number of methoxy groups -OCH3 is 1. The second-order valence-corrected chi connectivity index (χ2v) is 7.36. The van der Waals surface area contributed by atoms with E-state index in [9.17, 15) is 0 Å². The summed E-state index contributed by atoms with van der Waals surface area (Å²) in [5.41, 5.74) is 2.16. The van der Waals surface area contributed by atoms with Crippen LogP contribution >= 0.6 is 11.8 Å². The highest BCUT2D eigenvalue weighted by atomic mass is 32.2. The highest BCUT2D eigenvalue weighted by Crippen LogP contribution is 2.49. The molecule has 1 aliphatic heterocycles. The first-order chi connectivity index (χ1) is 12.2. The van der Waals surface area contributed by atoms with E-state index in [0.29, 0.717) is 11.7 Å². The molecule has 2 aromatic carbocycles. The lowest BCUT2D eigenvalue weighted by Gasteiger charge is -2.35. The Morgan fingerprint density at radius 3 is 2.74 bits per heavy atom. The smallest absolute Gasteiger partial charge is 0.121 e. The van der Waals surface area contributed by atoms with Gasteiger partial charge in [-0.15, -0.1) is 0 Å². The molecule has 0 amide bonds. The molecular weight excluding hydrogens is 304 g/mol. The summed E-state index contributed by atoms with van der Waals surface area (Å²) in [5.74, 6) is 0.815. The molecule has 0 saturated heterocycles. The molecule has 3 nitrogen and oxygen atoms in total. The van der Waals surface area contributed by atoms with Crippen LogP contribution < -0.4 is 9.64 Å². The number of para-hydroxylation sites is 1. The molecule has 3 rings (SSSR count). The molecule has 0 N–H and O–H groups in total. The van der Waals surface area contributed by atoms with Crippen LogP contribution in [0.2, 0.25) is 0 Å². The number of nitrogens with zero attached hydrogens (tertiary/aromatic N) is 2. The van der Waals surface area contributed by atoms with Crippen LogP contribution in [-0.2, 0) is 0 Å². The summed E-state index contributed by atoms with van der Waals surface area (Å²) in [6, 6.07) is 13.8. The van der Waals surface area contributed by atoms with Crippen LogP contribution in [-0.4, -0.2) is 39.1 Å². The lowest BCUT2D eigenvalue weighted by Crippen LogP contribution is -2.31. The summed E-state index contributed by atoms with van der Waals surface area (Å²) in [5, 5.41) is 0. The third kappa shape index (κ3) is 3.48. The number of ether oxygens (including phenoxy) is 1. The molecule has 0 fully saturated rings. The fourth-order valence-corrected chi connectivity index (χ4v) is 4.14. The maximum absolute atomic E-state index is 7.35. The summed E-state index contributed by atoms with van der Waals surface area (Å²) < 4.78 is 27.2. The molecule has 1 aliphatic rings. The Labute approximate surface area is 147 Å². The number of benzene rings is 2. The van der Waals surface area contributed by atoms with Crippen molar-refractivity contribution in [1.29, 1.82) is 0 Å². The first-order valence-electron chi connectivity index (χ1n) is 9.25. The van der Waals surface area contributed by atoms with Crippen molar-refractivity contribution in [3.8, 4) is 5.75 Å². The Kier molecular flexibility index (Phi) is 3.79. The van der Waals surface area contributed by atoms with E-state index >= 15 is 0 Å². The lowest BCUT2D eigenvalue weighted by atomic mass is 10.1. The Balaban J connectivity index is 1.97. The van der Waals surface area contributed by atoms with E-state index < -0.39 is 7.04 Å². The van der Waals surface area contributed by atoms with Gasteiger partial charge in [-0.2, -0.15) is 0 Å². The van der Waals surface area contributed by atoms with Crippen molar-refractivity contribution in [2.75, 3.05) is 39.1 Å². The predicted octanol–water partition coefficient (Wildman–Crippen LogP) is 4.50. The lowest BCUT2D eigenvalue weighted by molar-refractivity contribution is 0.342. The van der Waals surface area contributed by atoms with Crippen LogP contribution in [0.25, 0.3) is 0 Å². The molecule has 122 valence electrons. The Bertz CT molecular complexity index is 780. The van der Waals surface area contributed by atoms with Crippen LogP contribution in [0.4, 0.5) is 11.4 Å². The number of hydrogen-bond donors (Lipinski definition) is 0. The van der Waals surface area contributed by atoms with Gasteiger partial charge in [-0.3, -0.25) is 0 Å². The van der Waals surface area contributed by atoms with Crippen molar-refractivity contribution >= 4 is 23.1 Å². The normalized spacial score (nSPS) is 16.9. The summed E-state index contributed by atoms with van der Waals surface area (Å²) in [6.07, 6.45) is 0. The molecule has 0 saturated carbocycles. The average Bonchev–Trinajstić information content (AvgIpc) is 2.53. The first-order valence-corrected chi connectivity index (χ1v) is 8.57. The third-order valence-electron chi connectivity index (χ3n) is 3.89. The molecule has 23 heavy (non-hydrogen) atoms. The number of fused-ring (bicyclic) bond motifs is 2. The molecular formula is C19H24N2OS. The minimum Gasteiger partial charge on any atom is -0.497 e. The standard InChI is InChI=1S/C19H24N2OS/c1-14(12-20(2)3)13-21-16-7-5-6-8-18(16)23-19-10-9-15(22-4)11-17(19)21/h5-11,14H,12-13H2,1-4H3/t14-/m1/s1/i4D3. The van der Waals surface area contributed by atoms with Crippen molar-refractivity contribution in [2.45, 2.75) is 16.7 Å². The quantitative estimate of drug-likeness (QED) is 0.801. The zero-order valence-corrected chi connectivity index (χ0v) is 14.6. The van der Waals surface area contributed by atoms with E-state index in [4.69, 9.17) is 8.85 Å². The van der Waals surface area contributed by atoms with Gasteiger partial charge in [0, 0.05) is 28.9 Å². The van der Waals surface area contributed by atoms with Crippen molar-refractivity contribution in [3.05, 3.63) is 42.5 Å². The first kappa shape index (κ1) is 12.7. The Hall–Kier alpha value is -1.65. The molecule has 0 bridgehead atoms. The van der Waals surface area contributed by atoms with Crippen molar-refractivity contribution in [1.82, 2.24) is 4.90 Å².